The number of nitrogens with zero attached hydrogens (tertiary/aromatic N) is 3. The number of alkyl halides is 3. The third kappa shape index (κ3) is 8.67. The lowest BCUT2D eigenvalue weighted by Gasteiger charge is -2.11. The Morgan fingerprint density at radius 1 is 0.705 bits per heavy atom. The van der Waals surface area contributed by atoms with Gasteiger partial charge in [0.25, 0.3) is 11.8 Å². The number of nitrogens with one attached hydrogen (secondary N) is 2. The first-order valence-corrected chi connectivity index (χ1v) is 13.2. The normalized spacial score (nSPS) is 10.7. The molecule has 4 aromatic rings. The summed E-state index contributed by atoms with van der Waals surface area (Å²) in [6.45, 7) is 5.26. The van der Waals surface area contributed by atoms with Gasteiger partial charge in [0.15, 0.2) is 5.82 Å². The van der Waals surface area contributed by atoms with Crippen LogP contribution in [-0.2, 0) is 6.18 Å². The molecule has 0 saturated carbocycles. The van der Waals surface area contributed by atoms with E-state index in [9.17, 15) is 32.3 Å². The maximum atomic E-state index is 12.7. The monoisotopic (exact) mass is 673 g/mol. The van der Waals surface area contributed by atoms with Crippen LogP contribution in [0.15, 0.2) is 65.4 Å². The molecule has 0 unspecified atom stereocenters. The first kappa shape index (κ1) is 33.3. The molecule has 4 N–H and O–H groups in total. The quantitative estimate of drug-likeness (QED) is 0.187. The van der Waals surface area contributed by atoms with Crippen LogP contribution in [0.3, 0.4) is 0 Å². The lowest BCUT2D eigenvalue weighted by molar-refractivity contribution is -0.137. The molecular formula is C29H23BrF3N5O6. The molecule has 15 heteroatoms. The lowest BCUT2D eigenvalue weighted by Crippen LogP contribution is -2.19. The number of carboxylic acids is 2. The summed E-state index contributed by atoms with van der Waals surface area (Å²) in [5.41, 5.74) is -0.116. The van der Waals surface area contributed by atoms with Crippen molar-refractivity contribution in [1.82, 2.24) is 15.0 Å². The predicted molar refractivity (Wildman–Crippen MR) is 156 cm³/mol. The molecule has 0 aliphatic heterocycles. The maximum absolute atomic E-state index is 12.7. The van der Waals surface area contributed by atoms with Crippen LogP contribution in [-0.4, -0.2) is 48.9 Å². The Balaban J connectivity index is 0.000000244. The van der Waals surface area contributed by atoms with E-state index in [0.29, 0.717) is 33.8 Å². The average molecular weight is 674 g/mol. The minimum absolute atomic E-state index is 0.0658. The molecule has 2 aromatic heterocycles. The molecule has 2 aromatic carbocycles. The molecule has 0 spiro atoms. The summed E-state index contributed by atoms with van der Waals surface area (Å²) >= 11 is 3.18. The highest BCUT2D eigenvalue weighted by Crippen LogP contribution is 2.31. The van der Waals surface area contributed by atoms with E-state index in [1.165, 1.54) is 18.3 Å². The molecule has 4 rings (SSSR count). The van der Waals surface area contributed by atoms with Crippen LogP contribution < -0.4 is 10.6 Å². The van der Waals surface area contributed by atoms with Crippen LogP contribution in [0, 0.1) is 20.8 Å². The number of aromatic nitrogens is 3. The molecule has 0 aliphatic rings. The smallest absolute Gasteiger partial charge is 0.416 e. The van der Waals surface area contributed by atoms with Gasteiger partial charge in [0.2, 0.25) is 0 Å². The van der Waals surface area contributed by atoms with Crippen LogP contribution in [0.25, 0.3) is 0 Å². The molecule has 44 heavy (non-hydrogen) atoms. The highest BCUT2D eigenvalue weighted by Gasteiger charge is 2.32. The third-order valence-corrected chi connectivity index (χ3v) is 6.36. The van der Waals surface area contributed by atoms with Crippen LogP contribution in [0.2, 0.25) is 0 Å². The fourth-order valence-corrected chi connectivity index (χ4v) is 3.86. The van der Waals surface area contributed by atoms with Gasteiger partial charge in [-0.05, 0) is 68.8 Å². The van der Waals surface area contributed by atoms with Crippen molar-refractivity contribution in [3.8, 4) is 0 Å². The highest BCUT2D eigenvalue weighted by atomic mass is 79.9. The fraction of sp³-hybridized carbons (Fsp3) is 0.138. The second kappa shape index (κ2) is 13.9. The molecular weight excluding hydrogens is 651 g/mol. The van der Waals surface area contributed by atoms with Crippen LogP contribution in [0.1, 0.15) is 63.9 Å². The third-order valence-electron chi connectivity index (χ3n) is 5.87. The summed E-state index contributed by atoms with van der Waals surface area (Å²) in [5, 5.41) is 23.1. The van der Waals surface area contributed by atoms with Crippen molar-refractivity contribution in [2.24, 2.45) is 0 Å². The van der Waals surface area contributed by atoms with Crippen molar-refractivity contribution in [1.29, 1.82) is 0 Å². The van der Waals surface area contributed by atoms with Gasteiger partial charge >= 0.3 is 18.1 Å². The summed E-state index contributed by atoms with van der Waals surface area (Å²) in [6.07, 6.45) is -1.82. The van der Waals surface area contributed by atoms with Gasteiger partial charge in [0.05, 0.1) is 45.4 Å². The van der Waals surface area contributed by atoms with Gasteiger partial charge < -0.3 is 20.8 Å². The Bertz CT molecular complexity index is 1750. The van der Waals surface area contributed by atoms with Crippen LogP contribution >= 0.6 is 15.9 Å². The van der Waals surface area contributed by atoms with Gasteiger partial charge in [-0.15, -0.1) is 0 Å². The van der Waals surface area contributed by atoms with E-state index in [1.807, 2.05) is 13.0 Å². The number of carbonyl (C=O) groups is 4. The van der Waals surface area contributed by atoms with Gasteiger partial charge in [-0.2, -0.15) is 13.2 Å². The standard InChI is InChI=1S/C15H12F3N3O3.C14H11BrN2O3/c1-7-8(2)20-12(6-19-7)21-13(22)10-4-3-9(15(16,17)18)5-11(10)14(23)24;1-8-2-5-12(16-7-8)17-13(18)10-4-3-9(15)6-11(10)14(19)20/h3-6H,1-2H3,(H,23,24)(H,20,21,22);2-7H,1H3,(H,19,20)(H,16,17,18). The molecule has 0 fully saturated rings. The second-order valence-electron chi connectivity index (χ2n) is 9.11. The number of hydrogen-bond donors (Lipinski definition) is 4. The number of aromatic carboxylic acids is 2. The largest absolute Gasteiger partial charge is 0.478 e. The first-order valence-electron chi connectivity index (χ1n) is 12.4. The summed E-state index contributed by atoms with van der Waals surface area (Å²) in [5.74, 6) is -3.75. The van der Waals surface area contributed by atoms with Gasteiger partial charge in [-0.1, -0.05) is 22.0 Å². The molecule has 0 radical (unpaired) electrons. The summed E-state index contributed by atoms with van der Waals surface area (Å²) in [7, 11) is 0. The van der Waals surface area contributed by atoms with E-state index in [4.69, 9.17) is 10.2 Å². The molecule has 0 aliphatic carbocycles. The van der Waals surface area contributed by atoms with Crippen molar-refractivity contribution in [2.75, 3.05) is 10.6 Å². The second-order valence-corrected chi connectivity index (χ2v) is 10.0. The van der Waals surface area contributed by atoms with Crippen molar-refractivity contribution >= 4 is 51.3 Å². The van der Waals surface area contributed by atoms with Crippen LogP contribution in [0.5, 0.6) is 0 Å². The summed E-state index contributed by atoms with van der Waals surface area (Å²) in [6, 6.07) is 9.81. The van der Waals surface area contributed by atoms with E-state index in [0.717, 1.165) is 11.6 Å². The number of halogens is 4. The molecule has 0 bridgehead atoms. The fourth-order valence-electron chi connectivity index (χ4n) is 3.50. The molecule has 2 heterocycles. The zero-order valence-electron chi connectivity index (χ0n) is 23.2. The number of anilines is 2. The zero-order valence-corrected chi connectivity index (χ0v) is 24.7. The number of pyridine rings is 1. The minimum atomic E-state index is -4.71. The van der Waals surface area contributed by atoms with Gasteiger partial charge in [-0.25, -0.2) is 19.6 Å². The molecule has 11 nitrogen and oxygen atoms in total. The Morgan fingerprint density at radius 3 is 1.80 bits per heavy atom. The SMILES string of the molecule is Cc1ccc(NC(=O)c2ccc(Br)cc2C(=O)O)nc1.Cc1ncc(NC(=O)c2ccc(C(F)(F)F)cc2C(=O)O)nc1C. The number of carbonyl (C=O) groups excluding carboxylic acids is 2. The first-order chi connectivity index (χ1) is 20.6. The Kier molecular flexibility index (Phi) is 10.5. The van der Waals surface area contributed by atoms with E-state index in [1.54, 1.807) is 32.2 Å². The number of hydrogen-bond acceptors (Lipinski definition) is 7. The number of amides is 2. The number of rotatable bonds is 6. The topological polar surface area (TPSA) is 171 Å². The van der Waals surface area contributed by atoms with Crippen molar-refractivity contribution in [2.45, 2.75) is 26.9 Å². The van der Waals surface area contributed by atoms with Gasteiger partial charge in [0.1, 0.15) is 5.82 Å². The Hall–Kier alpha value is -5.18. The number of carboxylic acid groups (broad SMARTS) is 2. The molecule has 228 valence electrons. The Morgan fingerprint density at radius 2 is 1.27 bits per heavy atom. The molecule has 0 saturated heterocycles. The maximum Gasteiger partial charge on any atom is 0.416 e. The molecule has 0 atom stereocenters. The van der Waals surface area contributed by atoms with E-state index >= 15 is 0 Å². The van der Waals surface area contributed by atoms with Crippen molar-refractivity contribution in [3.05, 3.63) is 110 Å². The zero-order chi connectivity index (χ0) is 32.8. The average Bonchev–Trinajstić information content (AvgIpc) is 2.95. The Labute approximate surface area is 256 Å². The van der Waals surface area contributed by atoms with Gasteiger partial charge in [0, 0.05) is 10.7 Å². The summed E-state index contributed by atoms with van der Waals surface area (Å²) in [4.78, 5) is 58.7. The highest BCUT2D eigenvalue weighted by molar-refractivity contribution is 9.10. The van der Waals surface area contributed by atoms with E-state index in [-0.39, 0.29) is 16.9 Å². The van der Waals surface area contributed by atoms with Crippen molar-refractivity contribution < 1.29 is 42.6 Å². The number of aryl methyl sites for hydroxylation is 3. The predicted octanol–water partition coefficient (Wildman–Crippen LogP) is 6.17. The van der Waals surface area contributed by atoms with Crippen molar-refractivity contribution in [3.63, 3.8) is 0 Å². The lowest BCUT2D eigenvalue weighted by atomic mass is 10.0. The van der Waals surface area contributed by atoms with Crippen LogP contribution in [0.4, 0.5) is 24.8 Å². The van der Waals surface area contributed by atoms with E-state index < -0.39 is 46.6 Å². The van der Waals surface area contributed by atoms with Gasteiger partial charge in [-0.3, -0.25) is 14.6 Å². The molecule has 2 amide bonds. The summed E-state index contributed by atoms with van der Waals surface area (Å²) < 4.78 is 38.6. The number of benzene rings is 2. The minimum Gasteiger partial charge on any atom is -0.478 e. The van der Waals surface area contributed by atoms with E-state index in [2.05, 4.69) is 41.5 Å².